The van der Waals surface area contributed by atoms with Crippen LogP contribution in [-0.2, 0) is 24.3 Å². The summed E-state index contributed by atoms with van der Waals surface area (Å²) in [5.41, 5.74) is 0. The molecule has 1 fully saturated rings. The van der Waals surface area contributed by atoms with Crippen LogP contribution in [0.15, 0.2) is 0 Å². The van der Waals surface area contributed by atoms with E-state index >= 15 is 0 Å². The van der Waals surface area contributed by atoms with Crippen LogP contribution in [0.25, 0.3) is 0 Å². The average Bonchev–Trinajstić information content (AvgIpc) is 2.36. The van der Waals surface area contributed by atoms with Crippen molar-refractivity contribution in [2.75, 3.05) is 18.9 Å². The summed E-state index contributed by atoms with van der Waals surface area (Å²) >= 11 is 0. The quantitative estimate of drug-likeness (QED) is 0.657. The second-order valence-corrected chi connectivity index (χ2v) is 6.78. The monoisotopic (exact) mass is 307 g/mol. The highest BCUT2D eigenvalue weighted by atomic mass is 32.2. The van der Waals surface area contributed by atoms with E-state index in [0.29, 0.717) is 25.7 Å². The van der Waals surface area contributed by atoms with E-state index in [1.54, 1.807) is 6.92 Å². The Balaban J connectivity index is 2.33. The number of sulfonamides is 1. The largest absolute Gasteiger partial charge is 0.481 e. The zero-order valence-electron chi connectivity index (χ0n) is 11.5. The number of hydrogen-bond acceptors (Lipinski definition) is 5. The molecule has 0 heterocycles. The Morgan fingerprint density at radius 1 is 1.25 bits per heavy atom. The summed E-state index contributed by atoms with van der Waals surface area (Å²) in [6.07, 6.45) is 2.50. The lowest BCUT2D eigenvalue weighted by Crippen LogP contribution is -2.36. The number of nitrogens with one attached hydrogen (secondary N) is 1. The fourth-order valence-corrected chi connectivity index (χ4v) is 3.25. The molecular formula is C12H21NO6S. The summed E-state index contributed by atoms with van der Waals surface area (Å²) in [5.74, 6) is -2.42. The third-order valence-corrected chi connectivity index (χ3v) is 4.62. The molecule has 0 spiro atoms. The van der Waals surface area contributed by atoms with E-state index in [9.17, 15) is 18.0 Å². The summed E-state index contributed by atoms with van der Waals surface area (Å²) in [4.78, 5) is 21.9. The molecule has 116 valence electrons. The molecule has 0 unspecified atom stereocenters. The van der Waals surface area contributed by atoms with Crippen LogP contribution in [-0.4, -0.2) is 44.4 Å². The Morgan fingerprint density at radius 2 is 1.85 bits per heavy atom. The van der Waals surface area contributed by atoms with Gasteiger partial charge in [0.05, 0.1) is 12.5 Å². The van der Waals surface area contributed by atoms with Crippen molar-refractivity contribution in [3.8, 4) is 0 Å². The molecule has 2 N–H and O–H groups in total. The molecule has 1 aliphatic rings. The van der Waals surface area contributed by atoms with Crippen LogP contribution in [0.5, 0.6) is 0 Å². The van der Waals surface area contributed by atoms with E-state index in [2.05, 4.69) is 9.46 Å². The van der Waals surface area contributed by atoms with Crippen molar-refractivity contribution < 1.29 is 27.9 Å². The molecular weight excluding hydrogens is 286 g/mol. The van der Waals surface area contributed by atoms with Crippen LogP contribution >= 0.6 is 0 Å². The molecule has 0 aromatic carbocycles. The molecule has 1 aliphatic carbocycles. The van der Waals surface area contributed by atoms with Gasteiger partial charge in [-0.05, 0) is 38.5 Å². The first kappa shape index (κ1) is 16.9. The van der Waals surface area contributed by atoms with Gasteiger partial charge in [0.2, 0.25) is 10.0 Å². The molecule has 0 saturated heterocycles. The van der Waals surface area contributed by atoms with Crippen LogP contribution in [0.4, 0.5) is 0 Å². The molecule has 0 aromatic rings. The Labute approximate surface area is 118 Å². The van der Waals surface area contributed by atoms with E-state index in [4.69, 9.17) is 5.11 Å². The normalized spacial score (nSPS) is 23.2. The second-order valence-electron chi connectivity index (χ2n) is 4.97. The fourth-order valence-electron chi connectivity index (χ4n) is 2.27. The standard InChI is InChI=1S/C12H21NO6S/c1-2-19-11(14)8-20(17,18)13-7-9-3-5-10(6-4-9)12(15)16/h9-10,13H,2-8H2,1H3,(H,15,16). The van der Waals surface area contributed by atoms with Gasteiger partial charge in [0.15, 0.2) is 5.75 Å². The van der Waals surface area contributed by atoms with E-state index in [1.807, 2.05) is 0 Å². The van der Waals surface area contributed by atoms with Crippen molar-refractivity contribution in [3.63, 3.8) is 0 Å². The summed E-state index contributed by atoms with van der Waals surface area (Å²) < 4.78 is 30.2. The summed E-state index contributed by atoms with van der Waals surface area (Å²) in [7, 11) is -3.67. The molecule has 0 aliphatic heterocycles. The third-order valence-electron chi connectivity index (χ3n) is 3.40. The van der Waals surface area contributed by atoms with Crippen molar-refractivity contribution >= 4 is 22.0 Å². The molecule has 1 rings (SSSR count). The van der Waals surface area contributed by atoms with Crippen molar-refractivity contribution in [3.05, 3.63) is 0 Å². The lowest BCUT2D eigenvalue weighted by Gasteiger charge is -2.26. The minimum absolute atomic E-state index is 0.127. The van der Waals surface area contributed by atoms with Crippen LogP contribution in [0.1, 0.15) is 32.6 Å². The van der Waals surface area contributed by atoms with Gasteiger partial charge >= 0.3 is 11.9 Å². The molecule has 0 radical (unpaired) electrons. The highest BCUT2D eigenvalue weighted by Crippen LogP contribution is 2.28. The molecule has 0 atom stereocenters. The first-order valence-corrected chi connectivity index (χ1v) is 8.35. The molecule has 0 aromatic heterocycles. The highest BCUT2D eigenvalue weighted by molar-refractivity contribution is 7.90. The number of aliphatic carboxylic acids is 1. The third kappa shape index (κ3) is 5.87. The van der Waals surface area contributed by atoms with Gasteiger partial charge in [0.1, 0.15) is 0 Å². The van der Waals surface area contributed by atoms with Gasteiger partial charge < -0.3 is 9.84 Å². The summed E-state index contributed by atoms with van der Waals surface area (Å²) in [6, 6.07) is 0. The number of carboxylic acid groups (broad SMARTS) is 1. The number of carboxylic acids is 1. The topological polar surface area (TPSA) is 110 Å². The van der Waals surface area contributed by atoms with Crippen LogP contribution in [0.3, 0.4) is 0 Å². The maximum atomic E-state index is 11.6. The molecule has 8 heteroatoms. The number of carbonyl (C=O) groups excluding carboxylic acids is 1. The zero-order valence-corrected chi connectivity index (χ0v) is 12.3. The first-order chi connectivity index (χ1) is 9.34. The van der Waals surface area contributed by atoms with E-state index in [-0.39, 0.29) is 25.0 Å². The maximum Gasteiger partial charge on any atom is 0.322 e. The second kappa shape index (κ2) is 7.58. The predicted octanol–water partition coefficient (Wildman–Crippen LogP) is 0.360. The Hall–Kier alpha value is -1.15. The Bertz CT molecular complexity index is 439. The van der Waals surface area contributed by atoms with Crippen molar-refractivity contribution in [1.82, 2.24) is 4.72 Å². The summed E-state index contributed by atoms with van der Waals surface area (Å²) in [5, 5.41) is 8.87. The van der Waals surface area contributed by atoms with Gasteiger partial charge in [-0.3, -0.25) is 9.59 Å². The predicted molar refractivity (Wildman–Crippen MR) is 71.5 cm³/mol. The maximum absolute atomic E-state index is 11.6. The Morgan fingerprint density at radius 3 is 2.35 bits per heavy atom. The molecule has 7 nitrogen and oxygen atoms in total. The van der Waals surface area contributed by atoms with Gasteiger partial charge in [-0.2, -0.15) is 0 Å². The van der Waals surface area contributed by atoms with Crippen molar-refractivity contribution in [2.24, 2.45) is 11.8 Å². The van der Waals surface area contributed by atoms with Crippen LogP contribution < -0.4 is 4.72 Å². The number of hydrogen-bond donors (Lipinski definition) is 2. The Kier molecular flexibility index (Phi) is 6.41. The molecule has 1 saturated carbocycles. The number of carbonyl (C=O) groups is 2. The smallest absolute Gasteiger partial charge is 0.322 e. The van der Waals surface area contributed by atoms with Crippen LogP contribution in [0, 0.1) is 11.8 Å². The van der Waals surface area contributed by atoms with E-state index < -0.39 is 27.7 Å². The van der Waals surface area contributed by atoms with Gasteiger partial charge in [-0.1, -0.05) is 0 Å². The van der Waals surface area contributed by atoms with E-state index in [1.165, 1.54) is 0 Å². The highest BCUT2D eigenvalue weighted by Gasteiger charge is 2.27. The molecule has 0 amide bonds. The minimum atomic E-state index is -3.67. The SMILES string of the molecule is CCOC(=O)CS(=O)(=O)NCC1CCC(C(=O)O)CC1. The van der Waals surface area contributed by atoms with Crippen LogP contribution in [0.2, 0.25) is 0 Å². The fraction of sp³-hybridized carbons (Fsp3) is 0.833. The number of rotatable bonds is 7. The van der Waals surface area contributed by atoms with E-state index in [0.717, 1.165) is 0 Å². The minimum Gasteiger partial charge on any atom is -0.481 e. The first-order valence-electron chi connectivity index (χ1n) is 6.69. The van der Waals surface area contributed by atoms with Gasteiger partial charge in [-0.25, -0.2) is 13.1 Å². The summed E-state index contributed by atoms with van der Waals surface area (Å²) in [6.45, 7) is 2.00. The average molecular weight is 307 g/mol. The van der Waals surface area contributed by atoms with Gasteiger partial charge in [0, 0.05) is 6.54 Å². The number of esters is 1. The lowest BCUT2D eigenvalue weighted by molar-refractivity contribution is -0.143. The number of ether oxygens (including phenoxy) is 1. The lowest BCUT2D eigenvalue weighted by atomic mass is 9.82. The molecule has 20 heavy (non-hydrogen) atoms. The van der Waals surface area contributed by atoms with Gasteiger partial charge in [-0.15, -0.1) is 0 Å². The van der Waals surface area contributed by atoms with Crippen molar-refractivity contribution in [1.29, 1.82) is 0 Å². The zero-order chi connectivity index (χ0) is 15.2. The van der Waals surface area contributed by atoms with Crippen molar-refractivity contribution in [2.45, 2.75) is 32.6 Å². The molecule has 0 bridgehead atoms. The van der Waals surface area contributed by atoms with Gasteiger partial charge in [0.25, 0.3) is 0 Å².